The lowest BCUT2D eigenvalue weighted by Crippen LogP contribution is -2.36. The van der Waals surface area contributed by atoms with Crippen molar-refractivity contribution in [2.45, 2.75) is 45.4 Å². The van der Waals surface area contributed by atoms with Gasteiger partial charge in [0, 0.05) is 43.2 Å². The Bertz CT molecular complexity index is 1190. The Balaban J connectivity index is 1.34. The quantitative estimate of drug-likeness (QED) is 0.437. The lowest BCUT2D eigenvalue weighted by molar-refractivity contribution is 0.0950. The topological polar surface area (TPSA) is 116 Å². The minimum atomic E-state index is -0.309. The second-order valence-corrected chi connectivity index (χ2v) is 9.61. The van der Waals surface area contributed by atoms with Crippen LogP contribution in [0.2, 0.25) is 5.02 Å². The van der Waals surface area contributed by atoms with Crippen molar-refractivity contribution in [3.05, 3.63) is 70.4 Å². The zero-order chi connectivity index (χ0) is 24.3. The van der Waals surface area contributed by atoms with Crippen molar-refractivity contribution in [2.24, 2.45) is 5.41 Å². The van der Waals surface area contributed by atoms with E-state index in [1.54, 1.807) is 36.8 Å². The Labute approximate surface area is 209 Å². The van der Waals surface area contributed by atoms with Gasteiger partial charge < -0.3 is 20.6 Å². The average Bonchev–Trinajstić information content (AvgIpc) is 3.65. The molecule has 1 aliphatic carbocycles. The maximum absolute atomic E-state index is 13.0. The molecular weight excluding hydrogens is 466 g/mol. The molecule has 10 heteroatoms. The standard InChI is InChI=1S/C25H28ClN7O2/c26-20-12-17(2-3-18(20)16-34)13-29-22-19(23(35)30-15-21-27-8-1-9-28-21)14-31-24(32-22)33-10-6-25(4-5-25)7-11-33/h1-3,8-9,12,14,34H,4-7,10-11,13,15-16H2,(H,30,35)(H,29,31,32). The summed E-state index contributed by atoms with van der Waals surface area (Å²) in [5.74, 6) is 1.29. The summed E-state index contributed by atoms with van der Waals surface area (Å²) in [4.78, 5) is 32.8. The average molecular weight is 494 g/mol. The summed E-state index contributed by atoms with van der Waals surface area (Å²) in [5.41, 5.74) is 2.47. The number of aromatic nitrogens is 4. The monoisotopic (exact) mass is 493 g/mol. The summed E-state index contributed by atoms with van der Waals surface area (Å²) in [5, 5.41) is 16.0. The number of carbonyl (C=O) groups excluding carboxylic acids is 1. The van der Waals surface area contributed by atoms with E-state index in [0.29, 0.717) is 45.7 Å². The van der Waals surface area contributed by atoms with Gasteiger partial charge in [-0.25, -0.2) is 15.0 Å². The van der Waals surface area contributed by atoms with Gasteiger partial charge in [0.1, 0.15) is 17.2 Å². The molecular formula is C25H28ClN7O2. The molecule has 1 saturated carbocycles. The Morgan fingerprint density at radius 3 is 2.54 bits per heavy atom. The first kappa shape index (κ1) is 23.4. The molecule has 3 N–H and O–H groups in total. The highest BCUT2D eigenvalue weighted by molar-refractivity contribution is 6.31. The molecule has 1 aliphatic heterocycles. The Kier molecular flexibility index (Phi) is 6.79. The number of halogens is 1. The smallest absolute Gasteiger partial charge is 0.256 e. The van der Waals surface area contributed by atoms with E-state index in [0.717, 1.165) is 31.5 Å². The number of carbonyl (C=O) groups is 1. The molecule has 2 aliphatic rings. The van der Waals surface area contributed by atoms with Crippen LogP contribution in [0.4, 0.5) is 11.8 Å². The predicted octanol–water partition coefficient (Wildman–Crippen LogP) is 3.33. The van der Waals surface area contributed by atoms with Gasteiger partial charge in [-0.05, 0) is 54.4 Å². The molecule has 0 radical (unpaired) electrons. The molecule has 1 spiro atoms. The third-order valence-electron chi connectivity index (χ3n) is 6.86. The number of anilines is 2. The third kappa shape index (κ3) is 5.52. The van der Waals surface area contributed by atoms with Crippen molar-refractivity contribution >= 4 is 29.3 Å². The molecule has 35 heavy (non-hydrogen) atoms. The van der Waals surface area contributed by atoms with Gasteiger partial charge in [-0.3, -0.25) is 4.79 Å². The molecule has 1 aromatic carbocycles. The maximum Gasteiger partial charge on any atom is 0.256 e. The van der Waals surface area contributed by atoms with Crippen molar-refractivity contribution in [2.75, 3.05) is 23.3 Å². The van der Waals surface area contributed by atoms with E-state index in [1.807, 2.05) is 6.07 Å². The number of nitrogens with zero attached hydrogens (tertiary/aromatic N) is 5. The van der Waals surface area contributed by atoms with Crippen LogP contribution >= 0.6 is 11.6 Å². The number of aliphatic hydroxyl groups excluding tert-OH is 1. The van der Waals surface area contributed by atoms with Crippen molar-refractivity contribution in [1.29, 1.82) is 0 Å². The van der Waals surface area contributed by atoms with Crippen LogP contribution in [0.3, 0.4) is 0 Å². The zero-order valence-electron chi connectivity index (χ0n) is 19.4. The minimum Gasteiger partial charge on any atom is -0.392 e. The minimum absolute atomic E-state index is 0.117. The first-order valence-electron chi connectivity index (χ1n) is 11.8. The fourth-order valence-electron chi connectivity index (χ4n) is 4.37. The molecule has 2 fully saturated rings. The summed E-state index contributed by atoms with van der Waals surface area (Å²) in [7, 11) is 0. The Hall–Kier alpha value is -3.30. The highest BCUT2D eigenvalue weighted by Gasteiger charge is 2.44. The molecule has 0 unspecified atom stereocenters. The first-order chi connectivity index (χ1) is 17.0. The van der Waals surface area contributed by atoms with E-state index < -0.39 is 0 Å². The fraction of sp³-hybridized carbons (Fsp3) is 0.400. The second-order valence-electron chi connectivity index (χ2n) is 9.20. The van der Waals surface area contributed by atoms with Crippen LogP contribution in [0.1, 0.15) is 53.0 Å². The summed E-state index contributed by atoms with van der Waals surface area (Å²) in [6.07, 6.45) is 9.83. The first-order valence-corrected chi connectivity index (χ1v) is 12.2. The third-order valence-corrected chi connectivity index (χ3v) is 7.21. The predicted molar refractivity (Wildman–Crippen MR) is 133 cm³/mol. The van der Waals surface area contributed by atoms with Crippen LogP contribution in [0.15, 0.2) is 42.9 Å². The molecule has 5 rings (SSSR count). The number of amides is 1. The molecule has 3 heterocycles. The van der Waals surface area contributed by atoms with Crippen LogP contribution < -0.4 is 15.5 Å². The molecule has 1 saturated heterocycles. The van der Waals surface area contributed by atoms with E-state index in [9.17, 15) is 9.90 Å². The number of hydrogen-bond acceptors (Lipinski definition) is 8. The van der Waals surface area contributed by atoms with Crippen LogP contribution in [-0.2, 0) is 19.7 Å². The molecule has 9 nitrogen and oxygen atoms in total. The molecule has 1 amide bonds. The van der Waals surface area contributed by atoms with Gasteiger partial charge in [0.15, 0.2) is 0 Å². The van der Waals surface area contributed by atoms with Crippen LogP contribution in [0.5, 0.6) is 0 Å². The van der Waals surface area contributed by atoms with Gasteiger partial charge in [-0.15, -0.1) is 0 Å². The lowest BCUT2D eigenvalue weighted by atomic mass is 9.94. The molecule has 3 aromatic rings. The number of hydrogen-bond donors (Lipinski definition) is 3. The maximum atomic E-state index is 13.0. The van der Waals surface area contributed by atoms with E-state index in [1.165, 1.54) is 12.8 Å². The number of aliphatic hydroxyl groups is 1. The van der Waals surface area contributed by atoms with Crippen molar-refractivity contribution in [1.82, 2.24) is 25.3 Å². The van der Waals surface area contributed by atoms with E-state index in [2.05, 4.69) is 30.5 Å². The Morgan fingerprint density at radius 1 is 1.09 bits per heavy atom. The molecule has 0 atom stereocenters. The SMILES string of the molecule is O=C(NCc1ncccn1)c1cnc(N2CCC3(CC2)CC3)nc1NCc1ccc(CO)c(Cl)c1. The number of benzene rings is 1. The Morgan fingerprint density at radius 2 is 1.86 bits per heavy atom. The fourth-order valence-corrected chi connectivity index (χ4v) is 4.64. The molecule has 0 bridgehead atoms. The summed E-state index contributed by atoms with van der Waals surface area (Å²) in [6.45, 7) is 2.35. The number of nitrogens with one attached hydrogen (secondary N) is 2. The normalized spacial score (nSPS) is 16.2. The van der Waals surface area contributed by atoms with Gasteiger partial charge in [-0.2, -0.15) is 4.98 Å². The second kappa shape index (κ2) is 10.1. The van der Waals surface area contributed by atoms with E-state index in [4.69, 9.17) is 16.6 Å². The van der Waals surface area contributed by atoms with Crippen molar-refractivity contribution in [3.63, 3.8) is 0 Å². The highest BCUT2D eigenvalue weighted by Crippen LogP contribution is 2.53. The summed E-state index contributed by atoms with van der Waals surface area (Å²) in [6, 6.07) is 7.21. The lowest BCUT2D eigenvalue weighted by Gasteiger charge is -2.32. The number of rotatable bonds is 8. The van der Waals surface area contributed by atoms with Gasteiger partial charge in [0.2, 0.25) is 5.95 Å². The van der Waals surface area contributed by atoms with Crippen LogP contribution in [-0.4, -0.2) is 44.0 Å². The van der Waals surface area contributed by atoms with Gasteiger partial charge in [0.05, 0.1) is 13.2 Å². The highest BCUT2D eigenvalue weighted by atomic mass is 35.5. The van der Waals surface area contributed by atoms with Crippen molar-refractivity contribution < 1.29 is 9.90 Å². The summed E-state index contributed by atoms with van der Waals surface area (Å²) < 4.78 is 0. The van der Waals surface area contributed by atoms with E-state index in [-0.39, 0.29) is 19.1 Å². The van der Waals surface area contributed by atoms with Crippen LogP contribution in [0, 0.1) is 5.41 Å². The van der Waals surface area contributed by atoms with Gasteiger partial charge in [-0.1, -0.05) is 23.7 Å². The van der Waals surface area contributed by atoms with Gasteiger partial charge >= 0.3 is 0 Å². The molecule has 2 aromatic heterocycles. The largest absolute Gasteiger partial charge is 0.392 e. The number of piperidine rings is 1. The molecule has 182 valence electrons. The van der Waals surface area contributed by atoms with Crippen LogP contribution in [0.25, 0.3) is 0 Å². The summed E-state index contributed by atoms with van der Waals surface area (Å²) >= 11 is 6.25. The zero-order valence-corrected chi connectivity index (χ0v) is 20.1. The van der Waals surface area contributed by atoms with Crippen molar-refractivity contribution in [3.8, 4) is 0 Å². The van der Waals surface area contributed by atoms with E-state index >= 15 is 0 Å². The van der Waals surface area contributed by atoms with Gasteiger partial charge in [0.25, 0.3) is 5.91 Å².